The van der Waals surface area contributed by atoms with Crippen LogP contribution >= 0.6 is 0 Å². The fourth-order valence-corrected chi connectivity index (χ4v) is 3.75. The molecule has 0 saturated heterocycles. The Morgan fingerprint density at radius 1 is 0.857 bits per heavy atom. The molecule has 0 fully saturated rings. The van der Waals surface area contributed by atoms with Crippen LogP contribution in [0.25, 0.3) is 11.3 Å². The number of carbonyl (C=O) groups is 1. The van der Waals surface area contributed by atoms with Gasteiger partial charge in [-0.3, -0.25) is 4.79 Å². The second kappa shape index (κ2) is 11.4. The van der Waals surface area contributed by atoms with Crippen molar-refractivity contribution in [1.82, 2.24) is 5.16 Å². The molecule has 0 spiro atoms. The van der Waals surface area contributed by atoms with E-state index < -0.39 is 5.97 Å². The van der Waals surface area contributed by atoms with E-state index in [2.05, 4.69) is 19.0 Å². The molecule has 35 heavy (non-hydrogen) atoms. The number of aryl methyl sites for hydroxylation is 1. The predicted molar refractivity (Wildman–Crippen MR) is 134 cm³/mol. The van der Waals surface area contributed by atoms with Gasteiger partial charge in [-0.25, -0.2) is 0 Å². The predicted octanol–water partition coefficient (Wildman–Crippen LogP) is 6.64. The molecule has 3 aromatic carbocycles. The van der Waals surface area contributed by atoms with E-state index in [9.17, 15) is 4.79 Å². The summed E-state index contributed by atoms with van der Waals surface area (Å²) in [6.45, 7) is 4.95. The van der Waals surface area contributed by atoms with Gasteiger partial charge in [-0.2, -0.15) is 0 Å². The van der Waals surface area contributed by atoms with Crippen LogP contribution in [0, 0.1) is 0 Å². The van der Waals surface area contributed by atoms with Gasteiger partial charge >= 0.3 is 5.97 Å². The highest BCUT2D eigenvalue weighted by Crippen LogP contribution is 2.31. The molecule has 180 valence electrons. The lowest BCUT2D eigenvalue weighted by atomic mass is 10.0. The van der Waals surface area contributed by atoms with Crippen molar-refractivity contribution in [3.8, 4) is 22.8 Å². The minimum atomic E-state index is -0.795. The zero-order valence-electron chi connectivity index (χ0n) is 19.9. The Morgan fingerprint density at radius 2 is 1.46 bits per heavy atom. The number of carboxylic acid groups (broad SMARTS) is 1. The highest BCUT2D eigenvalue weighted by atomic mass is 16.5. The number of rotatable bonds is 11. The summed E-state index contributed by atoms with van der Waals surface area (Å²) in [7, 11) is 0. The molecule has 4 rings (SSSR count). The van der Waals surface area contributed by atoms with Crippen LogP contribution in [0.4, 0.5) is 0 Å². The fourth-order valence-electron chi connectivity index (χ4n) is 3.75. The first-order valence-electron chi connectivity index (χ1n) is 11.7. The van der Waals surface area contributed by atoms with E-state index in [0.717, 1.165) is 45.2 Å². The van der Waals surface area contributed by atoms with Gasteiger partial charge in [0.15, 0.2) is 0 Å². The van der Waals surface area contributed by atoms with Crippen LogP contribution in [0.1, 0.15) is 48.6 Å². The second-order valence-corrected chi connectivity index (χ2v) is 8.65. The largest absolute Gasteiger partial charge is 0.489 e. The maximum absolute atomic E-state index is 10.7. The van der Waals surface area contributed by atoms with Crippen molar-refractivity contribution >= 4 is 5.97 Å². The molecule has 4 aromatic rings. The molecule has 6 heteroatoms. The first-order valence-corrected chi connectivity index (χ1v) is 11.7. The second-order valence-electron chi connectivity index (χ2n) is 8.65. The van der Waals surface area contributed by atoms with Crippen LogP contribution in [0.5, 0.6) is 11.5 Å². The average Bonchev–Trinajstić information content (AvgIpc) is 3.31. The number of carboxylic acids is 1. The number of aromatic nitrogens is 1. The molecular weight excluding hydrogens is 442 g/mol. The molecule has 1 heterocycles. The fraction of sp³-hybridized carbons (Fsp3) is 0.241. The zero-order valence-corrected chi connectivity index (χ0v) is 19.9. The van der Waals surface area contributed by atoms with Gasteiger partial charge in [-0.1, -0.05) is 73.6 Å². The van der Waals surface area contributed by atoms with Gasteiger partial charge in [0.25, 0.3) is 0 Å². The number of hydrogen-bond acceptors (Lipinski definition) is 5. The van der Waals surface area contributed by atoms with Gasteiger partial charge in [0.05, 0.1) is 5.56 Å². The zero-order chi connectivity index (χ0) is 24.6. The van der Waals surface area contributed by atoms with Gasteiger partial charge in [-0.15, -0.1) is 0 Å². The van der Waals surface area contributed by atoms with Gasteiger partial charge in [0.1, 0.15) is 36.2 Å². The third-order valence-electron chi connectivity index (χ3n) is 5.65. The van der Waals surface area contributed by atoms with E-state index in [1.165, 1.54) is 0 Å². The van der Waals surface area contributed by atoms with Crippen molar-refractivity contribution in [2.75, 3.05) is 0 Å². The molecule has 0 aliphatic rings. The molecule has 0 atom stereocenters. The van der Waals surface area contributed by atoms with E-state index in [1.54, 1.807) is 0 Å². The minimum Gasteiger partial charge on any atom is -0.489 e. The number of benzene rings is 3. The first-order chi connectivity index (χ1) is 17.0. The van der Waals surface area contributed by atoms with Crippen molar-refractivity contribution in [1.29, 1.82) is 0 Å². The highest BCUT2D eigenvalue weighted by Gasteiger charge is 2.20. The topological polar surface area (TPSA) is 81.8 Å². The Labute approximate surface area is 205 Å². The Balaban J connectivity index is 1.35. The lowest BCUT2D eigenvalue weighted by molar-refractivity contribution is -0.136. The minimum absolute atomic E-state index is 0.123. The molecule has 6 nitrogen and oxygen atoms in total. The molecule has 0 saturated carbocycles. The maximum Gasteiger partial charge on any atom is 0.303 e. The Hall–Kier alpha value is -4.06. The van der Waals surface area contributed by atoms with Crippen LogP contribution in [0.3, 0.4) is 0 Å². The van der Waals surface area contributed by atoms with E-state index in [-0.39, 0.29) is 12.3 Å². The van der Waals surface area contributed by atoms with Crippen LogP contribution < -0.4 is 9.47 Å². The molecule has 1 aromatic heterocycles. The van der Waals surface area contributed by atoms with Crippen LogP contribution in [-0.4, -0.2) is 16.2 Å². The van der Waals surface area contributed by atoms with E-state index in [4.69, 9.17) is 19.1 Å². The quantitative estimate of drug-likeness (QED) is 0.264. The summed E-state index contributed by atoms with van der Waals surface area (Å²) in [5.41, 5.74) is 4.78. The molecule has 0 aliphatic carbocycles. The van der Waals surface area contributed by atoms with E-state index >= 15 is 0 Å². The van der Waals surface area contributed by atoms with Gasteiger partial charge in [0.2, 0.25) is 0 Å². The summed E-state index contributed by atoms with van der Waals surface area (Å²) in [4.78, 5) is 10.7. The standard InChI is InChI=1S/C29H29NO5/c1-20(2)29-26(28(30-35-29)23-6-4-3-5-7-23)19-34-25-15-10-22(11-16-25)18-33-24-13-8-21(9-14-24)12-17-27(31)32/h3-11,13-16,20H,12,17-19H2,1-2H3,(H,31,32). The summed E-state index contributed by atoms with van der Waals surface area (Å²) >= 11 is 0. The maximum atomic E-state index is 10.7. The van der Waals surface area contributed by atoms with Crippen molar-refractivity contribution in [2.24, 2.45) is 0 Å². The number of hydrogen-bond donors (Lipinski definition) is 1. The van der Waals surface area contributed by atoms with Crippen molar-refractivity contribution < 1.29 is 23.9 Å². The summed E-state index contributed by atoms with van der Waals surface area (Å²) in [5, 5.41) is 13.1. The molecule has 0 radical (unpaired) electrons. The normalized spacial score (nSPS) is 10.9. The molecule has 1 N–H and O–H groups in total. The molecule has 0 unspecified atom stereocenters. The van der Waals surface area contributed by atoms with Gasteiger partial charge in [0, 0.05) is 17.9 Å². The average molecular weight is 472 g/mol. The summed E-state index contributed by atoms with van der Waals surface area (Å²) in [6, 6.07) is 25.3. The third-order valence-corrected chi connectivity index (χ3v) is 5.65. The molecular formula is C29H29NO5. The van der Waals surface area contributed by atoms with Crippen molar-refractivity contribution in [3.05, 3.63) is 101 Å². The summed E-state index contributed by atoms with van der Waals surface area (Å²) < 4.78 is 17.6. The molecule has 0 amide bonds. The summed E-state index contributed by atoms with van der Waals surface area (Å²) in [6.07, 6.45) is 0.634. The van der Waals surface area contributed by atoms with E-state index in [0.29, 0.717) is 19.6 Å². The van der Waals surface area contributed by atoms with Crippen LogP contribution in [0.2, 0.25) is 0 Å². The smallest absolute Gasteiger partial charge is 0.303 e. The Bertz CT molecular complexity index is 1230. The molecule has 0 bridgehead atoms. The summed E-state index contributed by atoms with van der Waals surface area (Å²) in [5.74, 6) is 1.74. The third kappa shape index (κ3) is 6.51. The molecule has 0 aliphatic heterocycles. The lowest BCUT2D eigenvalue weighted by Gasteiger charge is -2.11. The number of aliphatic carboxylic acids is 1. The van der Waals surface area contributed by atoms with E-state index in [1.807, 2.05) is 78.9 Å². The number of nitrogens with zero attached hydrogens (tertiary/aromatic N) is 1. The Morgan fingerprint density at radius 3 is 2.06 bits per heavy atom. The van der Waals surface area contributed by atoms with Crippen LogP contribution in [-0.2, 0) is 24.4 Å². The van der Waals surface area contributed by atoms with Crippen molar-refractivity contribution in [2.45, 2.75) is 45.8 Å². The van der Waals surface area contributed by atoms with Gasteiger partial charge < -0.3 is 19.1 Å². The van der Waals surface area contributed by atoms with Crippen LogP contribution in [0.15, 0.2) is 83.4 Å². The monoisotopic (exact) mass is 471 g/mol. The highest BCUT2D eigenvalue weighted by molar-refractivity contribution is 5.67. The lowest BCUT2D eigenvalue weighted by Crippen LogP contribution is -2.01. The Kier molecular flexibility index (Phi) is 7.83. The van der Waals surface area contributed by atoms with Gasteiger partial charge in [-0.05, 0) is 41.8 Å². The van der Waals surface area contributed by atoms with Crippen molar-refractivity contribution in [3.63, 3.8) is 0 Å². The first kappa shape index (κ1) is 24.1. The SMILES string of the molecule is CC(C)c1onc(-c2ccccc2)c1COc1ccc(COc2ccc(CCC(=O)O)cc2)cc1. The number of ether oxygens (including phenoxy) is 2.